The van der Waals surface area contributed by atoms with Crippen LogP contribution in [0.3, 0.4) is 0 Å². The van der Waals surface area contributed by atoms with E-state index in [9.17, 15) is 8.78 Å². The Labute approximate surface area is 117 Å². The number of benzene rings is 1. The first-order chi connectivity index (χ1) is 9.70. The Hall–Kier alpha value is -1.24. The summed E-state index contributed by atoms with van der Waals surface area (Å²) in [5.74, 6) is 0.165. The molecular weight excluding hydrogens is 266 g/mol. The van der Waals surface area contributed by atoms with E-state index in [1.165, 1.54) is 0 Å². The Bertz CT molecular complexity index is 393. The fourth-order valence-electron chi connectivity index (χ4n) is 2.44. The normalized spacial score (nSPS) is 18.8. The maximum absolute atomic E-state index is 12.1. The number of rotatable bonds is 5. The predicted molar refractivity (Wildman–Crippen MR) is 71.9 cm³/mol. The molecule has 4 nitrogen and oxygen atoms in total. The molecule has 0 aliphatic carbocycles. The van der Waals surface area contributed by atoms with Crippen LogP contribution >= 0.6 is 0 Å². The first-order valence-corrected chi connectivity index (χ1v) is 6.77. The van der Waals surface area contributed by atoms with Crippen molar-refractivity contribution in [3.05, 3.63) is 29.8 Å². The van der Waals surface area contributed by atoms with Gasteiger partial charge in [-0.25, -0.2) is 0 Å². The van der Waals surface area contributed by atoms with Gasteiger partial charge in [0.1, 0.15) is 5.75 Å². The summed E-state index contributed by atoms with van der Waals surface area (Å²) in [5.41, 5.74) is 6.88. The number of halogens is 2. The molecule has 2 rings (SSSR count). The van der Waals surface area contributed by atoms with Crippen LogP contribution in [-0.2, 0) is 4.74 Å². The standard InChI is InChI=1S/C14H20F2N2O2/c15-14(16)20-12-4-2-11(3-5-12)13(10-17)18-6-1-8-19-9-7-18/h2-5,13-14H,1,6-10,17H2. The summed E-state index contributed by atoms with van der Waals surface area (Å²) in [6, 6.07) is 6.77. The zero-order chi connectivity index (χ0) is 14.4. The van der Waals surface area contributed by atoms with Crippen LogP contribution in [0.1, 0.15) is 18.0 Å². The lowest BCUT2D eigenvalue weighted by molar-refractivity contribution is -0.0498. The third kappa shape index (κ3) is 4.13. The van der Waals surface area contributed by atoms with E-state index < -0.39 is 6.61 Å². The first-order valence-electron chi connectivity index (χ1n) is 6.77. The topological polar surface area (TPSA) is 47.7 Å². The van der Waals surface area contributed by atoms with Crippen molar-refractivity contribution in [3.8, 4) is 5.75 Å². The first kappa shape index (κ1) is 15.2. The minimum atomic E-state index is -2.80. The van der Waals surface area contributed by atoms with Gasteiger partial charge in [0.05, 0.1) is 6.61 Å². The number of nitrogens with two attached hydrogens (primary N) is 1. The molecule has 1 aromatic rings. The molecule has 1 aliphatic heterocycles. The van der Waals surface area contributed by atoms with Gasteiger partial charge in [-0.05, 0) is 24.1 Å². The second kappa shape index (κ2) is 7.52. The molecule has 20 heavy (non-hydrogen) atoms. The van der Waals surface area contributed by atoms with Crippen molar-refractivity contribution in [2.45, 2.75) is 19.1 Å². The summed E-state index contributed by atoms with van der Waals surface area (Å²) in [6.45, 7) is 0.912. The van der Waals surface area contributed by atoms with Crippen LogP contribution in [-0.4, -0.2) is 44.4 Å². The molecule has 0 aromatic heterocycles. The summed E-state index contributed by atoms with van der Waals surface area (Å²) >= 11 is 0. The van der Waals surface area contributed by atoms with E-state index in [0.29, 0.717) is 13.2 Å². The molecule has 1 saturated heterocycles. The smallest absolute Gasteiger partial charge is 0.387 e. The molecular formula is C14H20F2N2O2. The number of hydrogen-bond acceptors (Lipinski definition) is 4. The van der Waals surface area contributed by atoms with Gasteiger partial charge in [-0.3, -0.25) is 4.90 Å². The van der Waals surface area contributed by atoms with Gasteiger partial charge in [0, 0.05) is 32.3 Å². The third-order valence-corrected chi connectivity index (χ3v) is 3.41. The summed E-state index contributed by atoms with van der Waals surface area (Å²) in [6.07, 6.45) is 0.975. The van der Waals surface area contributed by atoms with Crippen molar-refractivity contribution in [1.29, 1.82) is 0 Å². The van der Waals surface area contributed by atoms with Crippen molar-refractivity contribution in [2.75, 3.05) is 32.8 Å². The molecule has 1 unspecified atom stereocenters. The molecule has 2 N–H and O–H groups in total. The molecule has 112 valence electrons. The monoisotopic (exact) mass is 286 g/mol. The van der Waals surface area contributed by atoms with Crippen molar-refractivity contribution in [1.82, 2.24) is 4.90 Å². The Kier molecular flexibility index (Phi) is 5.70. The van der Waals surface area contributed by atoms with E-state index in [4.69, 9.17) is 10.5 Å². The highest BCUT2D eigenvalue weighted by Gasteiger charge is 2.20. The number of alkyl halides is 2. The van der Waals surface area contributed by atoms with Gasteiger partial charge < -0.3 is 15.2 Å². The molecule has 1 heterocycles. The van der Waals surface area contributed by atoms with Crippen molar-refractivity contribution >= 4 is 0 Å². The van der Waals surface area contributed by atoms with Crippen LogP contribution in [0.15, 0.2) is 24.3 Å². The summed E-state index contributed by atoms with van der Waals surface area (Å²) in [7, 11) is 0. The summed E-state index contributed by atoms with van der Waals surface area (Å²) < 4.78 is 34.0. The quantitative estimate of drug-likeness (QED) is 0.899. The molecule has 1 aliphatic rings. The van der Waals surface area contributed by atoms with E-state index >= 15 is 0 Å². The van der Waals surface area contributed by atoms with Crippen molar-refractivity contribution in [2.24, 2.45) is 5.73 Å². The highest BCUT2D eigenvalue weighted by molar-refractivity contribution is 5.29. The van der Waals surface area contributed by atoms with E-state index in [1.807, 2.05) is 0 Å². The van der Waals surface area contributed by atoms with Crippen LogP contribution in [0.5, 0.6) is 5.75 Å². The molecule has 0 saturated carbocycles. The largest absolute Gasteiger partial charge is 0.435 e. The maximum atomic E-state index is 12.1. The highest BCUT2D eigenvalue weighted by atomic mass is 19.3. The molecule has 0 spiro atoms. The van der Waals surface area contributed by atoms with Gasteiger partial charge in [0.25, 0.3) is 0 Å². The second-order valence-electron chi connectivity index (χ2n) is 4.70. The van der Waals surface area contributed by atoms with Gasteiger partial charge in [0.15, 0.2) is 0 Å². The lowest BCUT2D eigenvalue weighted by Crippen LogP contribution is -2.35. The summed E-state index contributed by atoms with van der Waals surface area (Å²) in [5, 5.41) is 0. The van der Waals surface area contributed by atoms with Crippen molar-refractivity contribution < 1.29 is 18.3 Å². The maximum Gasteiger partial charge on any atom is 0.387 e. The van der Waals surface area contributed by atoms with Crippen LogP contribution in [0, 0.1) is 0 Å². The van der Waals surface area contributed by atoms with E-state index in [2.05, 4.69) is 9.64 Å². The third-order valence-electron chi connectivity index (χ3n) is 3.41. The van der Waals surface area contributed by atoms with Gasteiger partial charge in [-0.1, -0.05) is 12.1 Å². The van der Waals surface area contributed by atoms with Crippen LogP contribution in [0.25, 0.3) is 0 Å². The average Bonchev–Trinajstić information content (AvgIpc) is 2.70. The lowest BCUT2D eigenvalue weighted by Gasteiger charge is -2.29. The second-order valence-corrected chi connectivity index (χ2v) is 4.70. The molecule has 0 radical (unpaired) electrons. The Morgan fingerprint density at radius 3 is 2.60 bits per heavy atom. The van der Waals surface area contributed by atoms with Crippen LogP contribution in [0.4, 0.5) is 8.78 Å². The van der Waals surface area contributed by atoms with E-state index in [-0.39, 0.29) is 11.8 Å². The molecule has 6 heteroatoms. The van der Waals surface area contributed by atoms with Crippen molar-refractivity contribution in [3.63, 3.8) is 0 Å². The van der Waals surface area contributed by atoms with Gasteiger partial charge in [0.2, 0.25) is 0 Å². The fourth-order valence-corrected chi connectivity index (χ4v) is 2.44. The fraction of sp³-hybridized carbons (Fsp3) is 0.571. The van der Waals surface area contributed by atoms with Gasteiger partial charge in [-0.15, -0.1) is 0 Å². The van der Waals surface area contributed by atoms with Crippen LogP contribution < -0.4 is 10.5 Å². The zero-order valence-corrected chi connectivity index (χ0v) is 11.3. The minimum Gasteiger partial charge on any atom is -0.435 e. The SMILES string of the molecule is NCC(c1ccc(OC(F)F)cc1)N1CCCOCC1. The summed E-state index contributed by atoms with van der Waals surface area (Å²) in [4.78, 5) is 2.27. The predicted octanol–water partition coefficient (Wildman–Crippen LogP) is 2.01. The number of hydrogen-bond donors (Lipinski definition) is 1. The Morgan fingerprint density at radius 2 is 1.95 bits per heavy atom. The van der Waals surface area contributed by atoms with E-state index in [1.54, 1.807) is 24.3 Å². The number of ether oxygens (including phenoxy) is 2. The Balaban J connectivity index is 2.06. The molecule has 1 atom stereocenters. The lowest BCUT2D eigenvalue weighted by atomic mass is 10.0. The number of nitrogens with zero attached hydrogens (tertiary/aromatic N) is 1. The molecule has 0 bridgehead atoms. The van der Waals surface area contributed by atoms with Crippen LogP contribution in [0.2, 0.25) is 0 Å². The molecule has 1 fully saturated rings. The Morgan fingerprint density at radius 1 is 1.20 bits per heavy atom. The average molecular weight is 286 g/mol. The minimum absolute atomic E-state index is 0.0808. The molecule has 1 aromatic carbocycles. The zero-order valence-electron chi connectivity index (χ0n) is 11.3. The van der Waals surface area contributed by atoms with E-state index in [0.717, 1.165) is 31.7 Å². The van der Waals surface area contributed by atoms with Gasteiger partial charge >= 0.3 is 6.61 Å². The highest BCUT2D eigenvalue weighted by Crippen LogP contribution is 2.24. The van der Waals surface area contributed by atoms with Gasteiger partial charge in [-0.2, -0.15) is 8.78 Å². The molecule has 0 amide bonds.